The second-order valence-corrected chi connectivity index (χ2v) is 11.9. The first-order valence-corrected chi connectivity index (χ1v) is 12.5. The lowest BCUT2D eigenvalue weighted by atomic mass is 9.56. The third-order valence-electron chi connectivity index (χ3n) is 9.06. The van der Waals surface area contributed by atoms with Crippen molar-refractivity contribution in [2.75, 3.05) is 26.2 Å². The van der Waals surface area contributed by atoms with Crippen LogP contribution >= 0.6 is 0 Å². The van der Waals surface area contributed by atoms with Crippen LogP contribution in [0.1, 0.15) is 98.3 Å². The summed E-state index contributed by atoms with van der Waals surface area (Å²) in [5.41, 5.74) is 0.658. The van der Waals surface area contributed by atoms with Crippen molar-refractivity contribution in [3.63, 3.8) is 0 Å². The summed E-state index contributed by atoms with van der Waals surface area (Å²) in [4.78, 5) is 26.5. The molecule has 0 aromatic carbocycles. The van der Waals surface area contributed by atoms with Gasteiger partial charge in [0.1, 0.15) is 11.6 Å². The maximum atomic E-state index is 12.9. The first-order valence-electron chi connectivity index (χ1n) is 12.5. The van der Waals surface area contributed by atoms with Gasteiger partial charge in [-0.1, -0.05) is 0 Å². The number of aromatic nitrogens is 6. The fourth-order valence-corrected chi connectivity index (χ4v) is 6.87. The average Bonchev–Trinajstić information content (AvgIpc) is 3.59. The fraction of sp³-hybridized carbons (Fsp3) is 0.783. The number of rotatable bonds is 4. The first kappa shape index (κ1) is 18.0. The highest BCUT2D eigenvalue weighted by molar-refractivity contribution is 5.77. The van der Waals surface area contributed by atoms with Crippen LogP contribution in [-0.4, -0.2) is 72.4 Å². The van der Waals surface area contributed by atoms with Crippen LogP contribution in [0.4, 0.5) is 4.79 Å². The summed E-state index contributed by atoms with van der Waals surface area (Å²) in [5, 5.41) is 15.2. The molecule has 2 N–H and O–H groups in total. The molecule has 0 radical (unpaired) electrons. The van der Waals surface area contributed by atoms with E-state index in [-0.39, 0.29) is 6.03 Å². The molecular formula is C23H30N8O. The molecule has 9 nitrogen and oxygen atoms in total. The van der Waals surface area contributed by atoms with E-state index in [1.54, 1.807) is 0 Å². The maximum Gasteiger partial charge on any atom is 0.320 e. The van der Waals surface area contributed by atoms with Crippen molar-refractivity contribution >= 4 is 6.03 Å². The predicted octanol–water partition coefficient (Wildman–Crippen LogP) is 2.86. The maximum absolute atomic E-state index is 12.9. The minimum atomic E-state index is 0.246. The lowest BCUT2D eigenvalue weighted by Crippen LogP contribution is -2.70. The van der Waals surface area contributed by atoms with Gasteiger partial charge >= 0.3 is 6.03 Å². The van der Waals surface area contributed by atoms with E-state index in [4.69, 9.17) is 9.97 Å². The molecule has 0 unspecified atom stereocenters. The molecule has 6 fully saturated rings. The number of aromatic amines is 2. The van der Waals surface area contributed by atoms with Gasteiger partial charge in [-0.2, -0.15) is 10.2 Å². The Morgan fingerprint density at radius 2 is 1.09 bits per heavy atom. The third-order valence-corrected chi connectivity index (χ3v) is 9.06. The molecule has 9 heteroatoms. The van der Waals surface area contributed by atoms with Crippen molar-refractivity contribution in [2.45, 2.75) is 75.0 Å². The summed E-state index contributed by atoms with van der Waals surface area (Å²) >= 11 is 0. The average molecular weight is 435 g/mol. The Hall–Kier alpha value is -2.45. The minimum Gasteiger partial charge on any atom is -0.323 e. The van der Waals surface area contributed by atoms with E-state index in [9.17, 15) is 4.79 Å². The number of carbonyl (C=O) groups excluding carboxylic acids is 1. The zero-order valence-corrected chi connectivity index (χ0v) is 18.4. The molecule has 0 atom stereocenters. The number of H-pyrrole nitrogens is 2. The van der Waals surface area contributed by atoms with Gasteiger partial charge in [0.2, 0.25) is 0 Å². The Morgan fingerprint density at radius 1 is 0.688 bits per heavy atom. The molecule has 4 aliphatic carbocycles. The van der Waals surface area contributed by atoms with Crippen LogP contribution in [0.3, 0.4) is 0 Å². The van der Waals surface area contributed by atoms with Crippen LogP contribution in [-0.2, 0) is 0 Å². The Labute approximate surface area is 186 Å². The van der Waals surface area contributed by atoms with Crippen molar-refractivity contribution in [1.82, 2.24) is 40.2 Å². The van der Waals surface area contributed by atoms with E-state index in [2.05, 4.69) is 30.2 Å². The summed E-state index contributed by atoms with van der Waals surface area (Å²) in [6, 6.07) is 0.246. The Bertz CT molecular complexity index is 985. The van der Waals surface area contributed by atoms with Gasteiger partial charge in [-0.3, -0.25) is 10.2 Å². The van der Waals surface area contributed by atoms with Gasteiger partial charge < -0.3 is 9.80 Å². The van der Waals surface area contributed by atoms with Crippen LogP contribution in [0.5, 0.6) is 0 Å². The second kappa shape index (κ2) is 5.91. The third kappa shape index (κ3) is 2.65. The Balaban J connectivity index is 0.809. The molecular weight excluding hydrogens is 404 g/mol. The molecule has 2 spiro atoms. The number of urea groups is 1. The largest absolute Gasteiger partial charge is 0.323 e. The molecule has 6 aliphatic rings. The van der Waals surface area contributed by atoms with Gasteiger partial charge in [-0.25, -0.2) is 14.8 Å². The van der Waals surface area contributed by atoms with E-state index in [1.807, 2.05) is 0 Å². The number of amides is 2. The van der Waals surface area contributed by atoms with Crippen molar-refractivity contribution in [3.05, 3.63) is 23.3 Å². The number of likely N-dealkylation sites (tertiary alicyclic amines) is 2. The molecule has 0 bridgehead atoms. The molecule has 32 heavy (non-hydrogen) atoms. The van der Waals surface area contributed by atoms with E-state index >= 15 is 0 Å². The van der Waals surface area contributed by atoms with E-state index < -0.39 is 0 Å². The molecule has 2 amide bonds. The molecule has 4 saturated carbocycles. The molecule has 8 rings (SSSR count). The number of nitrogens with zero attached hydrogens (tertiary/aromatic N) is 6. The lowest BCUT2D eigenvalue weighted by molar-refractivity contribution is -0.0905. The number of hydrogen-bond donors (Lipinski definition) is 2. The highest BCUT2D eigenvalue weighted by Gasteiger charge is 2.59. The van der Waals surface area contributed by atoms with Gasteiger partial charge in [-0.05, 0) is 51.4 Å². The summed E-state index contributed by atoms with van der Waals surface area (Å²) in [7, 11) is 0. The lowest BCUT2D eigenvalue weighted by Gasteiger charge is -2.63. The fourth-order valence-electron chi connectivity index (χ4n) is 6.87. The smallest absolute Gasteiger partial charge is 0.320 e. The van der Waals surface area contributed by atoms with E-state index in [0.29, 0.717) is 34.5 Å². The van der Waals surface area contributed by atoms with Crippen LogP contribution < -0.4 is 0 Å². The van der Waals surface area contributed by atoms with Crippen molar-refractivity contribution in [1.29, 1.82) is 0 Å². The summed E-state index contributed by atoms with van der Waals surface area (Å²) in [5.74, 6) is 6.39. The summed E-state index contributed by atoms with van der Waals surface area (Å²) in [6.07, 6.45) is 9.52. The Kier molecular flexibility index (Phi) is 3.33. The van der Waals surface area contributed by atoms with Crippen LogP contribution in [0.2, 0.25) is 0 Å². The number of carbonyl (C=O) groups is 1. The van der Waals surface area contributed by atoms with Crippen molar-refractivity contribution in [2.24, 2.45) is 10.8 Å². The van der Waals surface area contributed by atoms with Crippen LogP contribution in [0.25, 0.3) is 0 Å². The zero-order chi connectivity index (χ0) is 21.1. The van der Waals surface area contributed by atoms with Crippen molar-refractivity contribution < 1.29 is 4.79 Å². The highest BCUT2D eigenvalue weighted by Crippen LogP contribution is 2.58. The van der Waals surface area contributed by atoms with Gasteiger partial charge in [-0.15, -0.1) is 0 Å². The van der Waals surface area contributed by atoms with Gasteiger partial charge in [0, 0.05) is 60.7 Å². The second-order valence-electron chi connectivity index (χ2n) is 11.9. The number of nitrogens with one attached hydrogen (secondary N) is 2. The van der Waals surface area contributed by atoms with Gasteiger partial charge in [0.25, 0.3) is 0 Å². The molecule has 4 heterocycles. The topological polar surface area (TPSA) is 107 Å². The molecule has 2 aromatic heterocycles. The van der Waals surface area contributed by atoms with E-state index in [1.165, 1.54) is 25.7 Å². The quantitative estimate of drug-likeness (QED) is 0.770. The zero-order valence-electron chi connectivity index (χ0n) is 18.4. The SMILES string of the molecule is O=C(N1CC2(CC(c3n[nH]c(C4CC4)n3)C2)C1)N1CC2(CC(c3n[nH]c(C4CC4)n3)C2)C1. The minimum absolute atomic E-state index is 0.246. The Morgan fingerprint density at radius 3 is 1.47 bits per heavy atom. The molecule has 2 aromatic rings. The molecule has 2 saturated heterocycles. The molecule has 2 aliphatic heterocycles. The van der Waals surface area contributed by atoms with Gasteiger partial charge in [0.05, 0.1) is 0 Å². The summed E-state index contributed by atoms with van der Waals surface area (Å²) < 4.78 is 0. The standard InChI is InChI=1S/C23H30N8O/c32-21(30-9-22(10-30)5-15(6-22)19-24-17(26-28-19)13-1-2-13)31-11-23(12-31)7-16(8-23)20-25-18(27-29-20)14-3-4-14/h13-16H,1-12H2,(H,24,26,28)(H,25,27,29). The van der Waals surface area contributed by atoms with E-state index in [0.717, 1.165) is 75.2 Å². The predicted molar refractivity (Wildman–Crippen MR) is 114 cm³/mol. The van der Waals surface area contributed by atoms with Crippen molar-refractivity contribution in [3.8, 4) is 0 Å². The highest BCUT2D eigenvalue weighted by atomic mass is 16.2. The number of hydrogen-bond acceptors (Lipinski definition) is 5. The normalized spacial score (nSPS) is 28.4. The monoisotopic (exact) mass is 434 g/mol. The molecule has 168 valence electrons. The van der Waals surface area contributed by atoms with Gasteiger partial charge in [0.15, 0.2) is 11.6 Å². The van der Waals surface area contributed by atoms with Crippen LogP contribution in [0, 0.1) is 10.8 Å². The summed E-state index contributed by atoms with van der Waals surface area (Å²) in [6.45, 7) is 3.65. The first-order chi connectivity index (χ1) is 15.6. The van der Waals surface area contributed by atoms with Crippen LogP contribution in [0.15, 0.2) is 0 Å².